The Labute approximate surface area is 199 Å². The maximum Gasteiger partial charge on any atom is 0.135 e. The third-order valence-corrected chi connectivity index (χ3v) is 6.47. The van der Waals surface area contributed by atoms with Crippen LogP contribution in [0.15, 0.2) is 78.0 Å². The number of thiophene rings is 1. The highest BCUT2D eigenvalue weighted by Crippen LogP contribution is 2.33. The van der Waals surface area contributed by atoms with Gasteiger partial charge in [-0.15, -0.1) is 0 Å². The van der Waals surface area contributed by atoms with Crippen LogP contribution in [0.2, 0.25) is 0 Å². The van der Waals surface area contributed by atoms with E-state index in [0.717, 1.165) is 73.6 Å². The van der Waals surface area contributed by atoms with Crippen LogP contribution < -0.4 is 5.32 Å². The van der Waals surface area contributed by atoms with Crippen molar-refractivity contribution in [3.63, 3.8) is 0 Å². The molecule has 0 radical (unpaired) electrons. The number of rotatable bonds is 6. The Kier molecular flexibility index (Phi) is 4.92. The molecule has 0 unspecified atom stereocenters. The molecule has 0 aliphatic carbocycles. The second-order valence-corrected chi connectivity index (χ2v) is 8.81. The topological polar surface area (TPSA) is 95.2 Å². The fourth-order valence-corrected chi connectivity index (χ4v) is 4.64. The molecule has 0 bridgehead atoms. The summed E-state index contributed by atoms with van der Waals surface area (Å²) in [6, 6.07) is 12.2. The molecule has 8 heteroatoms. The predicted octanol–water partition coefficient (Wildman–Crippen LogP) is 6.63. The molecule has 0 saturated carbocycles. The number of anilines is 1. The number of aromatic amines is 2. The van der Waals surface area contributed by atoms with Gasteiger partial charge in [0.2, 0.25) is 0 Å². The van der Waals surface area contributed by atoms with Gasteiger partial charge in [0, 0.05) is 45.5 Å². The lowest BCUT2D eigenvalue weighted by Gasteiger charge is -2.08. The average Bonchev–Trinajstić information content (AvgIpc) is 3.62. The number of pyridine rings is 3. The number of allylic oxidation sites excluding steroid dienone is 1. The minimum absolute atomic E-state index is 0.769. The Morgan fingerprint density at radius 2 is 2.00 bits per heavy atom. The van der Waals surface area contributed by atoms with E-state index in [1.165, 1.54) is 0 Å². The number of fused-ring (bicyclic) bond motifs is 2. The quantitative estimate of drug-likeness (QED) is 0.258. The Morgan fingerprint density at radius 3 is 2.85 bits per heavy atom. The smallest absolute Gasteiger partial charge is 0.135 e. The van der Waals surface area contributed by atoms with Crippen molar-refractivity contribution < 1.29 is 0 Å². The van der Waals surface area contributed by atoms with Crippen LogP contribution in [0.5, 0.6) is 0 Å². The van der Waals surface area contributed by atoms with Crippen molar-refractivity contribution in [3.8, 4) is 33.9 Å². The first-order valence-corrected chi connectivity index (χ1v) is 11.9. The highest BCUT2D eigenvalue weighted by molar-refractivity contribution is 7.08. The van der Waals surface area contributed by atoms with Crippen molar-refractivity contribution in [1.82, 2.24) is 30.1 Å². The van der Waals surface area contributed by atoms with E-state index in [1.807, 2.05) is 36.7 Å². The van der Waals surface area contributed by atoms with Crippen LogP contribution in [0.4, 0.5) is 5.69 Å². The fraction of sp³-hybridized carbons (Fsp3) is 0.0769. The maximum atomic E-state index is 4.95. The van der Waals surface area contributed by atoms with Crippen LogP contribution in [0.3, 0.4) is 0 Å². The number of nitrogens with one attached hydrogen (secondary N) is 3. The van der Waals surface area contributed by atoms with Gasteiger partial charge < -0.3 is 10.3 Å². The Hall–Kier alpha value is -4.30. The van der Waals surface area contributed by atoms with Gasteiger partial charge in [-0.05, 0) is 48.2 Å². The third-order valence-electron chi connectivity index (χ3n) is 5.79. The lowest BCUT2D eigenvalue weighted by Crippen LogP contribution is -1.97. The van der Waals surface area contributed by atoms with Gasteiger partial charge in [0.25, 0.3) is 0 Å². The van der Waals surface area contributed by atoms with Gasteiger partial charge in [0.15, 0.2) is 0 Å². The molecule has 0 aliphatic heterocycles. The normalized spacial score (nSPS) is 11.3. The minimum atomic E-state index is 0.769. The van der Waals surface area contributed by atoms with Crippen molar-refractivity contribution in [2.75, 3.05) is 5.32 Å². The average molecular weight is 464 g/mol. The van der Waals surface area contributed by atoms with Crippen LogP contribution in [0.25, 0.3) is 55.8 Å². The first kappa shape index (κ1) is 20.3. The molecule has 0 amide bonds. The molecule has 7 nitrogen and oxygen atoms in total. The molecule has 6 heterocycles. The summed E-state index contributed by atoms with van der Waals surface area (Å²) in [4.78, 5) is 17.4. The van der Waals surface area contributed by atoms with Crippen LogP contribution >= 0.6 is 11.3 Å². The Balaban J connectivity index is 1.43. The second-order valence-electron chi connectivity index (χ2n) is 8.03. The molecular formula is C26H21N7S. The minimum Gasteiger partial charge on any atom is -0.358 e. The molecule has 0 atom stereocenters. The summed E-state index contributed by atoms with van der Waals surface area (Å²) < 4.78 is 0. The molecule has 6 aromatic heterocycles. The SMILES string of the molecule is C=C(CC)Nc1cncc(-c2ccc3[nH]nc(-c4cc5c(-c6ccsc6)nccc5[nH]4)c3n2)c1. The van der Waals surface area contributed by atoms with Gasteiger partial charge in [0.05, 0.1) is 34.5 Å². The first-order valence-electron chi connectivity index (χ1n) is 11.0. The van der Waals surface area contributed by atoms with E-state index in [4.69, 9.17) is 4.98 Å². The summed E-state index contributed by atoms with van der Waals surface area (Å²) in [6.07, 6.45) is 6.28. The van der Waals surface area contributed by atoms with Gasteiger partial charge in [-0.3, -0.25) is 15.1 Å². The monoisotopic (exact) mass is 463 g/mol. The maximum absolute atomic E-state index is 4.95. The van der Waals surface area contributed by atoms with Crippen LogP contribution in [-0.2, 0) is 0 Å². The lowest BCUT2D eigenvalue weighted by atomic mass is 10.1. The van der Waals surface area contributed by atoms with Crippen LogP contribution in [0, 0.1) is 0 Å². The van der Waals surface area contributed by atoms with Gasteiger partial charge in [-0.2, -0.15) is 16.4 Å². The molecule has 0 aliphatic rings. The molecule has 34 heavy (non-hydrogen) atoms. The van der Waals surface area contributed by atoms with E-state index < -0.39 is 0 Å². The second kappa shape index (κ2) is 8.24. The number of aromatic nitrogens is 6. The summed E-state index contributed by atoms with van der Waals surface area (Å²) >= 11 is 1.66. The van der Waals surface area contributed by atoms with Crippen molar-refractivity contribution in [2.24, 2.45) is 0 Å². The van der Waals surface area contributed by atoms with Crippen molar-refractivity contribution in [3.05, 3.63) is 78.0 Å². The zero-order valence-corrected chi connectivity index (χ0v) is 19.3. The summed E-state index contributed by atoms with van der Waals surface area (Å²) in [6.45, 7) is 6.08. The van der Waals surface area contributed by atoms with E-state index in [2.05, 4.69) is 66.9 Å². The molecule has 0 aromatic carbocycles. The zero-order valence-electron chi connectivity index (χ0n) is 18.5. The highest BCUT2D eigenvalue weighted by atomic mass is 32.1. The largest absolute Gasteiger partial charge is 0.358 e. The van der Waals surface area contributed by atoms with Gasteiger partial charge in [-0.1, -0.05) is 13.5 Å². The molecule has 6 aromatic rings. The summed E-state index contributed by atoms with van der Waals surface area (Å²) in [5.41, 5.74) is 9.98. The predicted molar refractivity (Wildman–Crippen MR) is 139 cm³/mol. The third kappa shape index (κ3) is 3.54. The molecule has 0 fully saturated rings. The van der Waals surface area contributed by atoms with Crippen molar-refractivity contribution in [1.29, 1.82) is 0 Å². The highest BCUT2D eigenvalue weighted by Gasteiger charge is 2.16. The summed E-state index contributed by atoms with van der Waals surface area (Å²) in [7, 11) is 0. The first-order chi connectivity index (χ1) is 16.7. The molecule has 0 spiro atoms. The standard InChI is InChI=1S/C26H21N7S/c1-3-15(2)29-18-10-17(12-27-13-18)20-4-5-22-25(31-20)26(33-32-22)23-11-19-21(30-23)6-8-28-24(19)16-7-9-34-14-16/h4-14,29-30H,2-3H2,1H3,(H,32,33). The zero-order chi connectivity index (χ0) is 23.1. The van der Waals surface area contributed by atoms with Crippen molar-refractivity contribution >= 4 is 39.0 Å². The Morgan fingerprint density at radius 1 is 1.06 bits per heavy atom. The van der Waals surface area contributed by atoms with E-state index in [0.29, 0.717) is 0 Å². The van der Waals surface area contributed by atoms with Crippen LogP contribution in [0.1, 0.15) is 13.3 Å². The molecule has 0 saturated heterocycles. The van der Waals surface area contributed by atoms with E-state index >= 15 is 0 Å². The Bertz CT molecular complexity index is 1640. The fourth-order valence-electron chi connectivity index (χ4n) is 4.00. The number of hydrogen-bond donors (Lipinski definition) is 3. The number of nitrogens with zero attached hydrogens (tertiary/aromatic N) is 4. The molecular weight excluding hydrogens is 442 g/mol. The van der Waals surface area contributed by atoms with Crippen LogP contribution in [-0.4, -0.2) is 30.1 Å². The van der Waals surface area contributed by atoms with Gasteiger partial charge in [-0.25, -0.2) is 4.98 Å². The summed E-state index contributed by atoms with van der Waals surface area (Å²) in [5.74, 6) is 0. The van der Waals surface area contributed by atoms with E-state index in [-0.39, 0.29) is 0 Å². The molecule has 166 valence electrons. The number of H-pyrrole nitrogens is 2. The summed E-state index contributed by atoms with van der Waals surface area (Å²) in [5, 5.41) is 16.2. The lowest BCUT2D eigenvalue weighted by molar-refractivity contribution is 1.11. The van der Waals surface area contributed by atoms with E-state index in [9.17, 15) is 0 Å². The van der Waals surface area contributed by atoms with Crippen molar-refractivity contribution in [2.45, 2.75) is 13.3 Å². The van der Waals surface area contributed by atoms with E-state index in [1.54, 1.807) is 17.5 Å². The molecule has 3 N–H and O–H groups in total. The molecule has 6 rings (SSSR count). The number of hydrogen-bond acceptors (Lipinski definition) is 6. The van der Waals surface area contributed by atoms with Gasteiger partial charge in [0.1, 0.15) is 11.2 Å². The van der Waals surface area contributed by atoms with Gasteiger partial charge >= 0.3 is 0 Å².